The fourth-order valence-electron chi connectivity index (χ4n) is 4.06. The van der Waals surface area contributed by atoms with Crippen LogP contribution in [0.2, 0.25) is 5.02 Å². The molecule has 0 saturated carbocycles. The first-order chi connectivity index (χ1) is 15.5. The second kappa shape index (κ2) is 9.56. The Morgan fingerprint density at radius 2 is 1.91 bits per heavy atom. The van der Waals surface area contributed by atoms with Gasteiger partial charge in [0, 0.05) is 36.3 Å². The zero-order chi connectivity index (χ0) is 22.7. The molecule has 1 saturated heterocycles. The van der Waals surface area contributed by atoms with Gasteiger partial charge in [0.05, 0.1) is 18.5 Å². The summed E-state index contributed by atoms with van der Waals surface area (Å²) in [4.78, 5) is 23.7. The van der Waals surface area contributed by atoms with E-state index in [4.69, 9.17) is 16.3 Å². The van der Waals surface area contributed by atoms with Gasteiger partial charge in [-0.15, -0.1) is 0 Å². The Bertz CT molecular complexity index is 1120. The number of carbonyl (C=O) groups is 1. The van der Waals surface area contributed by atoms with Gasteiger partial charge in [-0.25, -0.2) is 14.6 Å². The molecule has 0 radical (unpaired) electrons. The van der Waals surface area contributed by atoms with Crippen molar-refractivity contribution in [3.63, 3.8) is 0 Å². The van der Waals surface area contributed by atoms with Crippen molar-refractivity contribution in [2.75, 3.05) is 30.4 Å². The second-order valence-electron chi connectivity index (χ2n) is 7.88. The third-order valence-electron chi connectivity index (χ3n) is 5.76. The fraction of sp³-hybridized carbons (Fsp3) is 0.391. The molecular formula is C23H27ClN6O2. The Labute approximate surface area is 192 Å². The molecule has 9 heteroatoms. The maximum absolute atomic E-state index is 12.6. The molecule has 0 unspecified atom stereocenters. The Kier molecular flexibility index (Phi) is 6.60. The molecule has 2 aromatic heterocycles. The van der Waals surface area contributed by atoms with Crippen LogP contribution in [0.5, 0.6) is 5.75 Å². The van der Waals surface area contributed by atoms with Gasteiger partial charge >= 0.3 is 0 Å². The first-order valence-corrected chi connectivity index (χ1v) is 11.1. The lowest BCUT2D eigenvalue weighted by Crippen LogP contribution is -2.19. The van der Waals surface area contributed by atoms with Gasteiger partial charge in [-0.3, -0.25) is 4.79 Å². The molecule has 1 aliphatic rings. The fourth-order valence-corrected chi connectivity index (χ4v) is 4.23. The standard InChI is InChI=1S/C23H27ClN6O2/c1-15-18(7-9-23(31)27-19-12-17(24)6-8-20(19)32-3)16(2)30(28-15)22-13-21(25-14-26-22)29-10-4-5-11-29/h6,8,12-14H,4-5,7,9-11H2,1-3H3,(H,27,31). The maximum atomic E-state index is 12.6. The van der Waals surface area contributed by atoms with Crippen LogP contribution < -0.4 is 15.0 Å². The number of rotatable bonds is 7. The number of methoxy groups -OCH3 is 1. The average molecular weight is 455 g/mol. The van der Waals surface area contributed by atoms with Crippen LogP contribution in [-0.2, 0) is 11.2 Å². The van der Waals surface area contributed by atoms with Gasteiger partial charge in [0.25, 0.3) is 0 Å². The maximum Gasteiger partial charge on any atom is 0.224 e. The van der Waals surface area contributed by atoms with E-state index in [1.54, 1.807) is 31.6 Å². The molecular weight excluding hydrogens is 428 g/mol. The van der Waals surface area contributed by atoms with E-state index < -0.39 is 0 Å². The number of nitrogens with zero attached hydrogens (tertiary/aromatic N) is 5. The monoisotopic (exact) mass is 454 g/mol. The quantitative estimate of drug-likeness (QED) is 0.578. The molecule has 3 aromatic rings. The van der Waals surface area contributed by atoms with E-state index in [1.165, 1.54) is 12.8 Å². The van der Waals surface area contributed by atoms with Crippen molar-refractivity contribution in [1.82, 2.24) is 19.7 Å². The summed E-state index contributed by atoms with van der Waals surface area (Å²) in [5, 5.41) is 8.11. The molecule has 1 N–H and O–H groups in total. The summed E-state index contributed by atoms with van der Waals surface area (Å²) in [5.41, 5.74) is 3.46. The molecule has 3 heterocycles. The van der Waals surface area contributed by atoms with Crippen molar-refractivity contribution in [2.45, 2.75) is 39.5 Å². The predicted molar refractivity (Wildman–Crippen MR) is 125 cm³/mol. The molecule has 1 fully saturated rings. The van der Waals surface area contributed by atoms with E-state index >= 15 is 0 Å². The molecule has 0 spiro atoms. The molecule has 4 rings (SSSR count). The lowest BCUT2D eigenvalue weighted by Gasteiger charge is -2.16. The van der Waals surface area contributed by atoms with Gasteiger partial charge < -0.3 is 15.0 Å². The van der Waals surface area contributed by atoms with Crippen molar-refractivity contribution in [3.8, 4) is 11.6 Å². The van der Waals surface area contributed by atoms with E-state index in [9.17, 15) is 4.79 Å². The molecule has 0 atom stereocenters. The molecule has 8 nitrogen and oxygen atoms in total. The third kappa shape index (κ3) is 4.70. The van der Waals surface area contributed by atoms with Crippen LogP contribution in [0.3, 0.4) is 0 Å². The number of halogens is 1. The summed E-state index contributed by atoms with van der Waals surface area (Å²) in [7, 11) is 1.56. The molecule has 1 amide bonds. The highest BCUT2D eigenvalue weighted by Crippen LogP contribution is 2.28. The highest BCUT2D eigenvalue weighted by molar-refractivity contribution is 6.31. The van der Waals surface area contributed by atoms with Gasteiger partial charge in [-0.1, -0.05) is 11.6 Å². The van der Waals surface area contributed by atoms with E-state index in [2.05, 4.69) is 25.3 Å². The van der Waals surface area contributed by atoms with Crippen LogP contribution in [0.1, 0.15) is 36.2 Å². The summed E-state index contributed by atoms with van der Waals surface area (Å²) in [6.07, 6.45) is 4.84. The number of benzene rings is 1. The summed E-state index contributed by atoms with van der Waals surface area (Å²) in [6, 6.07) is 7.11. The SMILES string of the molecule is COc1ccc(Cl)cc1NC(=O)CCc1c(C)nn(-c2cc(N3CCCC3)ncn2)c1C. The van der Waals surface area contributed by atoms with Gasteiger partial charge in [0.15, 0.2) is 5.82 Å². The smallest absolute Gasteiger partial charge is 0.224 e. The summed E-state index contributed by atoms with van der Waals surface area (Å²) < 4.78 is 7.14. The lowest BCUT2D eigenvalue weighted by molar-refractivity contribution is -0.116. The normalized spacial score (nSPS) is 13.4. The average Bonchev–Trinajstić information content (AvgIpc) is 3.41. The minimum Gasteiger partial charge on any atom is -0.495 e. The third-order valence-corrected chi connectivity index (χ3v) is 6.00. The summed E-state index contributed by atoms with van der Waals surface area (Å²) in [6.45, 7) is 6.00. The zero-order valence-electron chi connectivity index (χ0n) is 18.6. The number of ether oxygens (including phenoxy) is 1. The van der Waals surface area contributed by atoms with Crippen LogP contribution in [0.15, 0.2) is 30.6 Å². The van der Waals surface area contributed by atoms with Gasteiger partial charge in [0.1, 0.15) is 17.9 Å². The zero-order valence-corrected chi connectivity index (χ0v) is 19.3. The summed E-state index contributed by atoms with van der Waals surface area (Å²) >= 11 is 6.05. The van der Waals surface area contributed by atoms with E-state index in [1.807, 2.05) is 24.6 Å². The molecule has 32 heavy (non-hydrogen) atoms. The van der Waals surface area contributed by atoms with E-state index in [-0.39, 0.29) is 5.91 Å². The van der Waals surface area contributed by atoms with Crippen molar-refractivity contribution >= 4 is 29.0 Å². The predicted octanol–water partition coefficient (Wildman–Crippen LogP) is 4.11. The Hall–Kier alpha value is -3.13. The van der Waals surface area contributed by atoms with E-state index in [0.717, 1.165) is 41.7 Å². The molecule has 0 aliphatic carbocycles. The van der Waals surface area contributed by atoms with Crippen LogP contribution in [0, 0.1) is 13.8 Å². The minimum absolute atomic E-state index is 0.115. The molecule has 168 valence electrons. The molecule has 1 aromatic carbocycles. The molecule has 0 bridgehead atoms. The largest absolute Gasteiger partial charge is 0.495 e. The number of aromatic nitrogens is 4. The Balaban J connectivity index is 1.47. The van der Waals surface area contributed by atoms with Crippen molar-refractivity contribution < 1.29 is 9.53 Å². The first-order valence-electron chi connectivity index (χ1n) is 10.7. The summed E-state index contributed by atoms with van der Waals surface area (Å²) in [5.74, 6) is 2.12. The topological polar surface area (TPSA) is 85.2 Å². The van der Waals surface area contributed by atoms with Crippen LogP contribution in [-0.4, -0.2) is 45.9 Å². The first kappa shape index (κ1) is 22.1. The Morgan fingerprint density at radius 1 is 1.16 bits per heavy atom. The number of aryl methyl sites for hydroxylation is 1. The van der Waals surface area contributed by atoms with Gasteiger partial charge in [-0.05, 0) is 56.9 Å². The highest BCUT2D eigenvalue weighted by atomic mass is 35.5. The lowest BCUT2D eigenvalue weighted by atomic mass is 10.1. The minimum atomic E-state index is -0.115. The number of amides is 1. The van der Waals surface area contributed by atoms with Gasteiger partial charge in [-0.2, -0.15) is 5.10 Å². The van der Waals surface area contributed by atoms with Crippen LogP contribution >= 0.6 is 11.6 Å². The van der Waals surface area contributed by atoms with Crippen LogP contribution in [0.4, 0.5) is 11.5 Å². The highest BCUT2D eigenvalue weighted by Gasteiger charge is 2.18. The van der Waals surface area contributed by atoms with Gasteiger partial charge in [0.2, 0.25) is 5.91 Å². The van der Waals surface area contributed by atoms with Crippen LogP contribution in [0.25, 0.3) is 5.82 Å². The Morgan fingerprint density at radius 3 is 2.66 bits per heavy atom. The number of carbonyl (C=O) groups excluding carboxylic acids is 1. The van der Waals surface area contributed by atoms with Crippen molar-refractivity contribution in [3.05, 3.63) is 52.6 Å². The number of nitrogens with one attached hydrogen (secondary N) is 1. The second-order valence-corrected chi connectivity index (χ2v) is 8.32. The number of anilines is 2. The number of hydrogen-bond donors (Lipinski definition) is 1. The van der Waals surface area contributed by atoms with Crippen molar-refractivity contribution in [2.24, 2.45) is 0 Å². The molecule has 1 aliphatic heterocycles. The van der Waals surface area contributed by atoms with E-state index in [0.29, 0.717) is 29.3 Å². The number of hydrogen-bond acceptors (Lipinski definition) is 6. The van der Waals surface area contributed by atoms with Crippen molar-refractivity contribution in [1.29, 1.82) is 0 Å².